The average molecular weight is 290 g/mol. The van der Waals surface area contributed by atoms with Gasteiger partial charge in [-0.3, -0.25) is 14.4 Å². The third-order valence-electron chi connectivity index (χ3n) is 3.69. The number of hydrogen-bond donors (Lipinski definition) is 3. The molecule has 0 bridgehead atoms. The maximum absolute atomic E-state index is 12.0. The molecule has 2 rings (SSSR count). The Morgan fingerprint density at radius 2 is 1.57 bits per heavy atom. The third-order valence-corrected chi connectivity index (χ3v) is 3.69. The zero-order valence-electron chi connectivity index (χ0n) is 11.8. The quantitative estimate of drug-likeness (QED) is 0.773. The van der Waals surface area contributed by atoms with E-state index in [1.807, 2.05) is 0 Å². The largest absolute Gasteiger partial charge is 0.481 e. The van der Waals surface area contributed by atoms with E-state index in [9.17, 15) is 14.4 Å². The highest BCUT2D eigenvalue weighted by Gasteiger charge is 2.41. The van der Waals surface area contributed by atoms with Crippen molar-refractivity contribution >= 4 is 29.2 Å². The second-order valence-corrected chi connectivity index (χ2v) is 5.10. The minimum Gasteiger partial charge on any atom is -0.481 e. The Bertz CT molecular complexity index is 553. The number of aliphatic carboxylic acids is 1. The first kappa shape index (κ1) is 15.0. The molecular formula is C15H18N2O4. The lowest BCUT2D eigenvalue weighted by Crippen LogP contribution is -2.41. The molecule has 2 unspecified atom stereocenters. The van der Waals surface area contributed by atoms with Gasteiger partial charge in [0.05, 0.1) is 11.8 Å². The number of hydrogen-bond acceptors (Lipinski definition) is 3. The number of nitrogens with one attached hydrogen (secondary N) is 2. The van der Waals surface area contributed by atoms with Crippen molar-refractivity contribution < 1.29 is 19.5 Å². The summed E-state index contributed by atoms with van der Waals surface area (Å²) in [5.41, 5.74) is 1.25. The molecule has 2 atom stereocenters. The molecule has 0 aliphatic heterocycles. The Hall–Kier alpha value is -2.37. The Labute approximate surface area is 122 Å². The number of carboxylic acids is 1. The highest BCUT2D eigenvalue weighted by molar-refractivity contribution is 5.96. The van der Waals surface area contributed by atoms with Crippen LogP contribution in [0.2, 0.25) is 0 Å². The zero-order valence-corrected chi connectivity index (χ0v) is 11.8. The van der Waals surface area contributed by atoms with Crippen LogP contribution in [0.5, 0.6) is 0 Å². The van der Waals surface area contributed by atoms with Crippen LogP contribution in [-0.2, 0) is 14.4 Å². The lowest BCUT2D eigenvalue weighted by molar-refractivity contribution is -0.151. The van der Waals surface area contributed by atoms with Crippen LogP contribution in [0, 0.1) is 11.8 Å². The Morgan fingerprint density at radius 3 is 2.00 bits per heavy atom. The molecule has 0 heterocycles. The highest BCUT2D eigenvalue weighted by atomic mass is 16.4. The first-order valence-electron chi connectivity index (χ1n) is 6.95. The monoisotopic (exact) mass is 290 g/mol. The van der Waals surface area contributed by atoms with Crippen LogP contribution in [0.4, 0.5) is 11.4 Å². The van der Waals surface area contributed by atoms with Gasteiger partial charge < -0.3 is 15.7 Å². The number of carbonyl (C=O) groups is 3. The molecular weight excluding hydrogens is 272 g/mol. The van der Waals surface area contributed by atoms with E-state index in [1.165, 1.54) is 0 Å². The molecule has 1 aromatic rings. The van der Waals surface area contributed by atoms with Crippen LogP contribution in [0.15, 0.2) is 24.3 Å². The fraction of sp³-hybridized carbons (Fsp3) is 0.400. The molecule has 6 nitrogen and oxygen atoms in total. The summed E-state index contributed by atoms with van der Waals surface area (Å²) in [6.07, 6.45) is 1.56. The van der Waals surface area contributed by atoms with Crippen LogP contribution in [0.1, 0.15) is 26.2 Å². The first-order valence-corrected chi connectivity index (χ1v) is 6.95. The van der Waals surface area contributed by atoms with Gasteiger partial charge >= 0.3 is 5.97 Å². The molecule has 1 aliphatic rings. The summed E-state index contributed by atoms with van der Waals surface area (Å²) in [5, 5.41) is 14.4. The van der Waals surface area contributed by atoms with Gasteiger partial charge in [-0.2, -0.15) is 0 Å². The maximum atomic E-state index is 12.0. The van der Waals surface area contributed by atoms with E-state index in [0.29, 0.717) is 30.6 Å². The van der Waals surface area contributed by atoms with Crippen molar-refractivity contribution in [1.29, 1.82) is 0 Å². The van der Waals surface area contributed by atoms with Gasteiger partial charge in [0.25, 0.3) is 0 Å². The second kappa shape index (κ2) is 6.39. The summed E-state index contributed by atoms with van der Waals surface area (Å²) >= 11 is 0. The van der Waals surface area contributed by atoms with E-state index in [0.717, 1.165) is 0 Å². The summed E-state index contributed by atoms with van der Waals surface area (Å²) in [6.45, 7) is 1.77. The van der Waals surface area contributed by atoms with Gasteiger partial charge in [0.1, 0.15) is 0 Å². The topological polar surface area (TPSA) is 95.5 Å². The predicted molar refractivity (Wildman–Crippen MR) is 77.8 cm³/mol. The number of carbonyl (C=O) groups excluding carboxylic acids is 2. The van der Waals surface area contributed by atoms with Crippen LogP contribution in [-0.4, -0.2) is 22.9 Å². The Morgan fingerprint density at radius 1 is 1.05 bits per heavy atom. The predicted octanol–water partition coefficient (Wildman–Crippen LogP) is 2.08. The Kier molecular flexibility index (Phi) is 4.57. The van der Waals surface area contributed by atoms with Gasteiger partial charge in [0.15, 0.2) is 0 Å². The van der Waals surface area contributed by atoms with E-state index in [1.54, 1.807) is 31.2 Å². The molecule has 112 valence electrons. The summed E-state index contributed by atoms with van der Waals surface area (Å²) < 4.78 is 0. The molecule has 0 spiro atoms. The smallest absolute Gasteiger partial charge is 0.307 e. The van der Waals surface area contributed by atoms with Crippen molar-refractivity contribution in [2.45, 2.75) is 26.2 Å². The molecule has 0 aromatic heterocycles. The fourth-order valence-corrected chi connectivity index (χ4v) is 2.23. The summed E-state index contributed by atoms with van der Waals surface area (Å²) in [6, 6.07) is 6.74. The van der Waals surface area contributed by atoms with Crippen LogP contribution < -0.4 is 10.6 Å². The lowest BCUT2D eigenvalue weighted by Gasteiger charge is -2.31. The third kappa shape index (κ3) is 3.59. The number of amides is 2. The number of benzene rings is 1. The molecule has 1 aromatic carbocycles. The van der Waals surface area contributed by atoms with E-state index in [4.69, 9.17) is 5.11 Å². The molecule has 2 amide bonds. The van der Waals surface area contributed by atoms with Crippen molar-refractivity contribution in [2.24, 2.45) is 11.8 Å². The van der Waals surface area contributed by atoms with E-state index in [2.05, 4.69) is 10.6 Å². The van der Waals surface area contributed by atoms with Gasteiger partial charge in [0, 0.05) is 17.8 Å². The summed E-state index contributed by atoms with van der Waals surface area (Å²) in [7, 11) is 0. The van der Waals surface area contributed by atoms with Crippen molar-refractivity contribution in [3.8, 4) is 0 Å². The van der Waals surface area contributed by atoms with Gasteiger partial charge in [-0.1, -0.05) is 6.92 Å². The molecule has 21 heavy (non-hydrogen) atoms. The highest BCUT2D eigenvalue weighted by Crippen LogP contribution is 2.35. The Balaban J connectivity index is 1.93. The molecule has 0 radical (unpaired) electrons. The second-order valence-electron chi connectivity index (χ2n) is 5.10. The van der Waals surface area contributed by atoms with Gasteiger partial charge in [0.2, 0.25) is 11.8 Å². The first-order chi connectivity index (χ1) is 10.0. The molecule has 1 saturated carbocycles. The molecule has 3 N–H and O–H groups in total. The summed E-state index contributed by atoms with van der Waals surface area (Å²) in [4.78, 5) is 34.1. The molecule has 1 fully saturated rings. The van der Waals surface area contributed by atoms with Crippen LogP contribution in [0.25, 0.3) is 0 Å². The minimum absolute atomic E-state index is 0.0782. The van der Waals surface area contributed by atoms with Gasteiger partial charge in [-0.15, -0.1) is 0 Å². The van der Waals surface area contributed by atoms with Gasteiger partial charge in [-0.05, 0) is 37.1 Å². The average Bonchev–Trinajstić information content (AvgIpc) is 2.38. The molecule has 0 saturated heterocycles. The van der Waals surface area contributed by atoms with E-state index in [-0.39, 0.29) is 11.8 Å². The standard InChI is InChI=1S/C15H18N2O4/c1-2-13(18)16-9-3-5-10(6-4-9)17-14(19)11-7-8-12(11)15(20)21/h3-6,11-12H,2,7-8H2,1H3,(H,16,18)(H,17,19)(H,20,21). The van der Waals surface area contributed by atoms with Crippen molar-refractivity contribution in [2.75, 3.05) is 10.6 Å². The normalized spacial score (nSPS) is 20.2. The minimum atomic E-state index is -0.918. The van der Waals surface area contributed by atoms with Crippen LogP contribution in [0.3, 0.4) is 0 Å². The van der Waals surface area contributed by atoms with E-state index >= 15 is 0 Å². The van der Waals surface area contributed by atoms with E-state index < -0.39 is 17.8 Å². The van der Waals surface area contributed by atoms with Gasteiger partial charge in [-0.25, -0.2) is 0 Å². The lowest BCUT2D eigenvalue weighted by atomic mass is 9.73. The maximum Gasteiger partial charge on any atom is 0.307 e. The van der Waals surface area contributed by atoms with Crippen LogP contribution >= 0.6 is 0 Å². The molecule has 1 aliphatic carbocycles. The molecule has 6 heteroatoms. The van der Waals surface area contributed by atoms with Crippen molar-refractivity contribution in [3.63, 3.8) is 0 Å². The number of carboxylic acid groups (broad SMARTS) is 1. The van der Waals surface area contributed by atoms with Crippen molar-refractivity contribution in [3.05, 3.63) is 24.3 Å². The summed E-state index contributed by atoms with van der Waals surface area (Å²) in [5.74, 6) is -2.29. The fourth-order valence-electron chi connectivity index (χ4n) is 2.23. The number of rotatable bonds is 5. The number of anilines is 2. The SMILES string of the molecule is CCC(=O)Nc1ccc(NC(=O)C2CCC2C(=O)O)cc1. The zero-order chi connectivity index (χ0) is 15.4. The van der Waals surface area contributed by atoms with Crippen molar-refractivity contribution in [1.82, 2.24) is 0 Å².